The molecule has 0 saturated carbocycles. The zero-order valence-corrected chi connectivity index (χ0v) is 15.6. The summed E-state index contributed by atoms with van der Waals surface area (Å²) in [6.45, 7) is 4.83. The number of aryl methyl sites for hydroxylation is 1. The normalized spacial score (nSPS) is 21.2. The highest BCUT2D eigenvalue weighted by Gasteiger charge is 2.28. The molecule has 2 heterocycles. The van der Waals surface area contributed by atoms with E-state index in [9.17, 15) is 4.21 Å². The molecule has 1 saturated heterocycles. The molecule has 0 radical (unpaired) electrons. The minimum Gasteiger partial charge on any atom is -0.494 e. The van der Waals surface area contributed by atoms with Gasteiger partial charge in [-0.25, -0.2) is 0 Å². The Kier molecular flexibility index (Phi) is 6.09. The van der Waals surface area contributed by atoms with E-state index in [4.69, 9.17) is 9.47 Å². The van der Waals surface area contributed by atoms with Gasteiger partial charge in [0.15, 0.2) is 0 Å². The van der Waals surface area contributed by atoms with Crippen LogP contribution in [0.15, 0.2) is 36.7 Å². The summed E-state index contributed by atoms with van der Waals surface area (Å²) in [5.41, 5.74) is 1.12. The number of hydrogen-bond acceptors (Lipinski definition) is 5. The van der Waals surface area contributed by atoms with Crippen LogP contribution in [-0.4, -0.2) is 56.7 Å². The van der Waals surface area contributed by atoms with Gasteiger partial charge in [0.25, 0.3) is 0 Å². The highest BCUT2D eigenvalue weighted by Crippen LogP contribution is 2.25. The Morgan fingerprint density at radius 1 is 1.24 bits per heavy atom. The molecule has 0 bridgehead atoms. The summed E-state index contributed by atoms with van der Waals surface area (Å²) in [4.78, 5) is 2.34. The van der Waals surface area contributed by atoms with E-state index < -0.39 is 10.8 Å². The third-order valence-corrected chi connectivity index (χ3v) is 5.61. The van der Waals surface area contributed by atoms with Crippen LogP contribution >= 0.6 is 0 Å². The van der Waals surface area contributed by atoms with E-state index in [1.807, 2.05) is 50.6 Å². The summed E-state index contributed by atoms with van der Waals surface area (Å²) < 4.78 is 25.1. The van der Waals surface area contributed by atoms with E-state index in [1.54, 1.807) is 4.68 Å². The largest absolute Gasteiger partial charge is 0.494 e. The summed E-state index contributed by atoms with van der Waals surface area (Å²) in [6, 6.07) is 7.83. The van der Waals surface area contributed by atoms with E-state index in [1.165, 1.54) is 0 Å². The maximum absolute atomic E-state index is 12.0. The van der Waals surface area contributed by atoms with E-state index >= 15 is 0 Å². The Morgan fingerprint density at radius 2 is 1.96 bits per heavy atom. The van der Waals surface area contributed by atoms with Gasteiger partial charge in [-0.1, -0.05) is 0 Å². The highest BCUT2D eigenvalue weighted by molar-refractivity contribution is 7.85. The van der Waals surface area contributed by atoms with Gasteiger partial charge in [0, 0.05) is 60.2 Å². The molecule has 1 aromatic carbocycles. The van der Waals surface area contributed by atoms with Crippen molar-refractivity contribution >= 4 is 10.8 Å². The fourth-order valence-electron chi connectivity index (χ4n) is 3.01. The lowest BCUT2D eigenvalue weighted by Gasteiger charge is -2.34. The monoisotopic (exact) mass is 363 g/mol. The van der Waals surface area contributed by atoms with E-state index in [0.29, 0.717) is 19.0 Å². The summed E-state index contributed by atoms with van der Waals surface area (Å²) in [5.74, 6) is 3.07. The van der Waals surface area contributed by atoms with Crippen LogP contribution in [0.3, 0.4) is 0 Å². The predicted molar refractivity (Wildman–Crippen MR) is 98.5 cm³/mol. The lowest BCUT2D eigenvalue weighted by atomic mass is 10.1. The number of ether oxygens (including phenoxy) is 2. The van der Waals surface area contributed by atoms with E-state index in [0.717, 1.165) is 35.9 Å². The van der Waals surface area contributed by atoms with Gasteiger partial charge in [-0.15, -0.1) is 0 Å². The van der Waals surface area contributed by atoms with Crippen molar-refractivity contribution in [2.45, 2.75) is 13.0 Å². The molecule has 6 nitrogen and oxygen atoms in total. The molecule has 7 heteroatoms. The smallest absolute Gasteiger partial charge is 0.119 e. The fourth-order valence-corrected chi connectivity index (χ4v) is 4.37. The molecule has 3 rings (SSSR count). The zero-order chi connectivity index (χ0) is 17.6. The van der Waals surface area contributed by atoms with Gasteiger partial charge in [-0.05, 0) is 31.2 Å². The minimum absolute atomic E-state index is 0.146. The SMILES string of the molecule is CCOc1ccc(OCCN2CC[S@@](=O)C[C@H]2c2cnn(C)c2)cc1. The summed E-state index contributed by atoms with van der Waals surface area (Å²) >= 11 is 0. The molecular weight excluding hydrogens is 338 g/mol. The molecule has 0 N–H and O–H groups in total. The molecule has 25 heavy (non-hydrogen) atoms. The first-order valence-electron chi connectivity index (χ1n) is 8.59. The summed E-state index contributed by atoms with van der Waals surface area (Å²) in [7, 11) is 1.14. The van der Waals surface area contributed by atoms with Crippen LogP contribution < -0.4 is 9.47 Å². The zero-order valence-electron chi connectivity index (χ0n) is 14.8. The molecule has 2 atom stereocenters. The van der Waals surface area contributed by atoms with Gasteiger partial charge in [0.05, 0.1) is 12.8 Å². The molecule has 0 spiro atoms. The third kappa shape index (κ3) is 4.83. The molecule has 1 aliphatic heterocycles. The van der Waals surface area contributed by atoms with Crippen LogP contribution in [0.5, 0.6) is 11.5 Å². The molecule has 1 aliphatic rings. The van der Waals surface area contributed by atoms with Crippen molar-refractivity contribution in [1.29, 1.82) is 0 Å². The molecule has 0 unspecified atom stereocenters. The first-order chi connectivity index (χ1) is 12.2. The van der Waals surface area contributed by atoms with Crippen molar-refractivity contribution in [2.24, 2.45) is 7.05 Å². The van der Waals surface area contributed by atoms with E-state index in [2.05, 4.69) is 10.00 Å². The topological polar surface area (TPSA) is 56.6 Å². The van der Waals surface area contributed by atoms with Crippen LogP contribution in [-0.2, 0) is 17.8 Å². The molecule has 1 fully saturated rings. The number of hydrogen-bond donors (Lipinski definition) is 0. The number of benzene rings is 1. The van der Waals surface area contributed by atoms with Crippen molar-refractivity contribution in [1.82, 2.24) is 14.7 Å². The van der Waals surface area contributed by atoms with Crippen molar-refractivity contribution in [3.05, 3.63) is 42.2 Å². The quantitative estimate of drug-likeness (QED) is 0.753. The second-order valence-electron chi connectivity index (χ2n) is 6.06. The molecule has 0 aliphatic carbocycles. The van der Waals surface area contributed by atoms with Gasteiger partial charge >= 0.3 is 0 Å². The maximum atomic E-state index is 12.0. The molecule has 136 valence electrons. The van der Waals surface area contributed by atoms with Gasteiger partial charge in [0.1, 0.15) is 18.1 Å². The van der Waals surface area contributed by atoms with Gasteiger partial charge in [0.2, 0.25) is 0 Å². The standard InChI is InChI=1S/C18H25N3O3S/c1-3-23-16-4-6-17(7-5-16)24-10-8-21-9-11-25(22)14-18(21)15-12-19-20(2)13-15/h4-7,12-13,18H,3,8-11,14H2,1-2H3/t18-,25+/m0/s1. The van der Waals surface area contributed by atoms with Gasteiger partial charge in [-0.3, -0.25) is 13.8 Å². The van der Waals surface area contributed by atoms with E-state index in [-0.39, 0.29) is 6.04 Å². The fraction of sp³-hybridized carbons (Fsp3) is 0.500. The highest BCUT2D eigenvalue weighted by atomic mass is 32.2. The van der Waals surface area contributed by atoms with Crippen LogP contribution in [0.1, 0.15) is 18.5 Å². The third-order valence-electron chi connectivity index (χ3n) is 4.28. The predicted octanol–water partition coefficient (Wildman–Crippen LogP) is 2.00. The Balaban J connectivity index is 1.56. The number of rotatable bonds is 7. The Morgan fingerprint density at radius 3 is 2.60 bits per heavy atom. The summed E-state index contributed by atoms with van der Waals surface area (Å²) in [6.07, 6.45) is 3.88. The lowest BCUT2D eigenvalue weighted by Crippen LogP contribution is -2.42. The second kappa shape index (κ2) is 8.49. The average molecular weight is 363 g/mol. The maximum Gasteiger partial charge on any atom is 0.119 e. The molecular formula is C18H25N3O3S. The molecule has 0 amide bonds. The van der Waals surface area contributed by atoms with Crippen LogP contribution in [0.25, 0.3) is 0 Å². The lowest BCUT2D eigenvalue weighted by molar-refractivity contribution is 0.173. The first-order valence-corrected chi connectivity index (χ1v) is 10.1. The molecule has 1 aromatic heterocycles. The van der Waals surface area contributed by atoms with Crippen molar-refractivity contribution in [3.63, 3.8) is 0 Å². The van der Waals surface area contributed by atoms with Crippen LogP contribution in [0, 0.1) is 0 Å². The first kappa shape index (κ1) is 17.9. The Hall–Kier alpha value is -1.86. The molecule has 2 aromatic rings. The number of nitrogens with zero attached hydrogens (tertiary/aromatic N) is 3. The minimum atomic E-state index is -0.762. The average Bonchev–Trinajstić information content (AvgIpc) is 3.04. The second-order valence-corrected chi connectivity index (χ2v) is 7.68. The summed E-state index contributed by atoms with van der Waals surface area (Å²) in [5, 5.41) is 4.25. The van der Waals surface area contributed by atoms with Crippen molar-refractivity contribution in [3.8, 4) is 11.5 Å². The van der Waals surface area contributed by atoms with Crippen molar-refractivity contribution in [2.75, 3.05) is 37.8 Å². The van der Waals surface area contributed by atoms with Gasteiger partial charge in [-0.2, -0.15) is 5.10 Å². The van der Waals surface area contributed by atoms with Crippen LogP contribution in [0.4, 0.5) is 0 Å². The Labute approximate surface area is 151 Å². The van der Waals surface area contributed by atoms with Gasteiger partial charge < -0.3 is 9.47 Å². The number of aromatic nitrogens is 2. The van der Waals surface area contributed by atoms with Crippen LogP contribution in [0.2, 0.25) is 0 Å². The van der Waals surface area contributed by atoms with Crippen molar-refractivity contribution < 1.29 is 13.7 Å². The Bertz CT molecular complexity index is 702.